The normalized spacial score (nSPS) is 27.1. The van der Waals surface area contributed by atoms with Crippen LogP contribution < -0.4 is 10.2 Å². The molecule has 21 heavy (non-hydrogen) atoms. The highest BCUT2D eigenvalue weighted by Gasteiger charge is 2.32. The van der Waals surface area contributed by atoms with Crippen LogP contribution in [-0.4, -0.2) is 25.0 Å². The third-order valence-corrected chi connectivity index (χ3v) is 4.41. The number of piperidine rings is 1. The monoisotopic (exact) mass is 293 g/mol. The van der Waals surface area contributed by atoms with Gasteiger partial charge in [0.05, 0.1) is 13.1 Å². The molecule has 1 aliphatic rings. The molecular weight excluding hydrogens is 267 g/mol. The van der Waals surface area contributed by atoms with Crippen molar-refractivity contribution in [3.05, 3.63) is 35.6 Å². The molecule has 1 heterocycles. The minimum absolute atomic E-state index is 0.0318. The van der Waals surface area contributed by atoms with Gasteiger partial charge in [-0.3, -0.25) is 4.79 Å². The molecule has 0 aromatic heterocycles. The van der Waals surface area contributed by atoms with Crippen LogP contribution in [0.15, 0.2) is 24.3 Å². The Balaban J connectivity index is 1.86. The SMILES string of the molecule is C[C@@H]1C[C@@H](C)C[NH+]([C@@H](C)C(=O)NCc2ccc(F)cc2)C1. The van der Waals surface area contributed by atoms with E-state index in [4.69, 9.17) is 0 Å². The smallest absolute Gasteiger partial charge is 0.278 e. The Hall–Kier alpha value is -1.42. The summed E-state index contributed by atoms with van der Waals surface area (Å²) >= 11 is 0. The summed E-state index contributed by atoms with van der Waals surface area (Å²) < 4.78 is 12.8. The quantitative estimate of drug-likeness (QED) is 0.864. The minimum atomic E-state index is -0.251. The lowest BCUT2D eigenvalue weighted by molar-refractivity contribution is -0.925. The molecule has 1 saturated heterocycles. The zero-order valence-corrected chi connectivity index (χ0v) is 13.2. The molecule has 1 aliphatic heterocycles. The number of hydrogen-bond donors (Lipinski definition) is 2. The Bertz CT molecular complexity index is 464. The standard InChI is InChI=1S/C17H25FN2O/c1-12-8-13(2)11-20(10-12)14(3)17(21)19-9-15-4-6-16(18)7-5-15/h4-7,12-14H,8-11H2,1-3H3,(H,19,21)/p+1/t12-,13-,14+/m1/s1. The van der Waals surface area contributed by atoms with Crippen LogP contribution in [0.25, 0.3) is 0 Å². The van der Waals surface area contributed by atoms with Crippen molar-refractivity contribution < 1.29 is 14.1 Å². The van der Waals surface area contributed by atoms with E-state index in [9.17, 15) is 9.18 Å². The van der Waals surface area contributed by atoms with Gasteiger partial charge >= 0.3 is 0 Å². The van der Waals surface area contributed by atoms with Gasteiger partial charge in [-0.2, -0.15) is 0 Å². The Morgan fingerprint density at radius 1 is 1.29 bits per heavy atom. The first-order valence-electron chi connectivity index (χ1n) is 7.82. The van der Waals surface area contributed by atoms with E-state index in [1.165, 1.54) is 23.5 Å². The van der Waals surface area contributed by atoms with Gasteiger partial charge in [0.15, 0.2) is 6.04 Å². The second-order valence-electron chi connectivity index (χ2n) is 6.58. The Morgan fingerprint density at radius 2 is 1.86 bits per heavy atom. The van der Waals surface area contributed by atoms with E-state index in [0.29, 0.717) is 18.4 Å². The number of halogens is 1. The molecule has 0 bridgehead atoms. The number of nitrogens with one attached hydrogen (secondary N) is 2. The lowest BCUT2D eigenvalue weighted by Gasteiger charge is -2.35. The summed E-state index contributed by atoms with van der Waals surface area (Å²) in [6, 6.07) is 6.22. The highest BCUT2D eigenvalue weighted by Crippen LogP contribution is 2.12. The third-order valence-electron chi connectivity index (χ3n) is 4.41. The van der Waals surface area contributed by atoms with Crippen molar-refractivity contribution in [1.82, 2.24) is 5.32 Å². The molecule has 4 heteroatoms. The Labute approximate surface area is 126 Å². The zero-order chi connectivity index (χ0) is 15.4. The van der Waals surface area contributed by atoms with Crippen molar-refractivity contribution in [2.24, 2.45) is 11.8 Å². The molecule has 1 aromatic carbocycles. The molecule has 0 aliphatic carbocycles. The van der Waals surface area contributed by atoms with Crippen molar-refractivity contribution in [2.75, 3.05) is 13.1 Å². The molecule has 2 rings (SSSR count). The topological polar surface area (TPSA) is 33.5 Å². The summed E-state index contributed by atoms with van der Waals surface area (Å²) in [6.07, 6.45) is 1.26. The number of benzene rings is 1. The van der Waals surface area contributed by atoms with Gasteiger partial charge in [-0.1, -0.05) is 26.0 Å². The van der Waals surface area contributed by atoms with Gasteiger partial charge in [0.1, 0.15) is 5.82 Å². The van der Waals surface area contributed by atoms with Crippen LogP contribution in [0.1, 0.15) is 32.8 Å². The lowest BCUT2D eigenvalue weighted by atomic mass is 9.91. The Morgan fingerprint density at radius 3 is 2.43 bits per heavy atom. The summed E-state index contributed by atoms with van der Waals surface area (Å²) in [5.74, 6) is 1.18. The molecule has 1 aromatic rings. The fraction of sp³-hybridized carbons (Fsp3) is 0.588. The van der Waals surface area contributed by atoms with Gasteiger partial charge in [0.25, 0.3) is 5.91 Å². The van der Waals surface area contributed by atoms with Gasteiger partial charge < -0.3 is 10.2 Å². The van der Waals surface area contributed by atoms with Crippen LogP contribution in [0.3, 0.4) is 0 Å². The van der Waals surface area contributed by atoms with E-state index in [1.54, 1.807) is 12.1 Å². The van der Waals surface area contributed by atoms with Gasteiger partial charge in [-0.25, -0.2) is 4.39 Å². The van der Waals surface area contributed by atoms with Gasteiger partial charge in [-0.15, -0.1) is 0 Å². The molecule has 0 radical (unpaired) electrons. The summed E-state index contributed by atoms with van der Waals surface area (Å²) in [5.41, 5.74) is 0.923. The highest BCUT2D eigenvalue weighted by molar-refractivity contribution is 5.79. The van der Waals surface area contributed by atoms with Gasteiger partial charge in [-0.05, 0) is 31.0 Å². The number of carbonyl (C=O) groups is 1. The number of quaternary nitrogens is 1. The van der Waals surface area contributed by atoms with E-state index >= 15 is 0 Å². The largest absolute Gasteiger partial charge is 0.347 e. The molecule has 3 atom stereocenters. The van der Waals surface area contributed by atoms with Crippen molar-refractivity contribution in [3.8, 4) is 0 Å². The molecule has 0 unspecified atom stereocenters. The number of likely N-dealkylation sites (tertiary alicyclic amines) is 1. The fourth-order valence-corrected chi connectivity index (χ4v) is 3.32. The molecular formula is C17H26FN2O+. The fourth-order valence-electron chi connectivity index (χ4n) is 3.32. The number of hydrogen-bond acceptors (Lipinski definition) is 1. The average Bonchev–Trinajstić information content (AvgIpc) is 2.44. The molecule has 3 nitrogen and oxygen atoms in total. The van der Waals surface area contributed by atoms with E-state index in [2.05, 4.69) is 19.2 Å². The second-order valence-corrected chi connectivity index (χ2v) is 6.58. The van der Waals surface area contributed by atoms with Crippen LogP contribution in [0.5, 0.6) is 0 Å². The van der Waals surface area contributed by atoms with Crippen LogP contribution in [0.4, 0.5) is 4.39 Å². The first-order valence-corrected chi connectivity index (χ1v) is 7.82. The number of amides is 1. The van der Waals surface area contributed by atoms with E-state index < -0.39 is 0 Å². The molecule has 0 spiro atoms. The summed E-state index contributed by atoms with van der Waals surface area (Å²) in [6.45, 7) is 9.12. The molecule has 0 saturated carbocycles. The maximum absolute atomic E-state index is 12.8. The van der Waals surface area contributed by atoms with Gasteiger partial charge in [0.2, 0.25) is 0 Å². The minimum Gasteiger partial charge on any atom is -0.347 e. The molecule has 1 fully saturated rings. The highest BCUT2D eigenvalue weighted by atomic mass is 19.1. The van der Waals surface area contributed by atoms with Crippen molar-refractivity contribution in [1.29, 1.82) is 0 Å². The zero-order valence-electron chi connectivity index (χ0n) is 13.2. The summed E-state index contributed by atoms with van der Waals surface area (Å²) in [5, 5.41) is 2.96. The predicted octanol–water partition coefficient (Wildman–Crippen LogP) is 1.39. The van der Waals surface area contributed by atoms with Crippen molar-refractivity contribution in [3.63, 3.8) is 0 Å². The van der Waals surface area contributed by atoms with Crippen LogP contribution >= 0.6 is 0 Å². The van der Waals surface area contributed by atoms with Crippen molar-refractivity contribution in [2.45, 2.75) is 39.8 Å². The number of rotatable bonds is 4. The van der Waals surface area contributed by atoms with Crippen LogP contribution in [0.2, 0.25) is 0 Å². The average molecular weight is 293 g/mol. The predicted molar refractivity (Wildman–Crippen MR) is 81.4 cm³/mol. The van der Waals surface area contributed by atoms with E-state index in [1.807, 2.05) is 6.92 Å². The third kappa shape index (κ3) is 4.53. The molecule has 1 amide bonds. The molecule has 2 N–H and O–H groups in total. The Kier molecular flexibility index (Phi) is 5.34. The maximum atomic E-state index is 12.8. The van der Waals surface area contributed by atoms with Crippen LogP contribution in [-0.2, 0) is 11.3 Å². The van der Waals surface area contributed by atoms with E-state index in [-0.39, 0.29) is 17.8 Å². The number of carbonyl (C=O) groups excluding carboxylic acids is 1. The van der Waals surface area contributed by atoms with Crippen LogP contribution in [0, 0.1) is 17.7 Å². The first-order chi connectivity index (χ1) is 9.95. The second kappa shape index (κ2) is 7.03. The van der Waals surface area contributed by atoms with E-state index in [0.717, 1.165) is 18.7 Å². The summed E-state index contributed by atoms with van der Waals surface area (Å²) in [4.78, 5) is 13.7. The first kappa shape index (κ1) is 16.0. The van der Waals surface area contributed by atoms with Gasteiger partial charge in [0, 0.05) is 18.4 Å². The summed E-state index contributed by atoms with van der Waals surface area (Å²) in [7, 11) is 0. The van der Waals surface area contributed by atoms with Crippen molar-refractivity contribution >= 4 is 5.91 Å². The molecule has 116 valence electrons. The lowest BCUT2D eigenvalue weighted by Crippen LogP contribution is -3.18. The maximum Gasteiger partial charge on any atom is 0.278 e.